The normalized spacial score (nSPS) is 18.0. The first kappa shape index (κ1) is 22.5. The molecule has 0 radical (unpaired) electrons. The van der Waals surface area contributed by atoms with Crippen LogP contribution >= 0.6 is 0 Å². The number of benzene rings is 2. The number of anilines is 2. The molecule has 7 nitrogen and oxygen atoms in total. The lowest BCUT2D eigenvalue weighted by Crippen LogP contribution is -2.36. The number of aryl methyl sites for hydroxylation is 1. The molecule has 4 rings (SSSR count). The molecule has 1 heterocycles. The van der Waals surface area contributed by atoms with Gasteiger partial charge in [0.15, 0.2) is 0 Å². The van der Waals surface area contributed by atoms with Crippen molar-refractivity contribution in [2.75, 3.05) is 23.8 Å². The zero-order valence-electron chi connectivity index (χ0n) is 18.7. The van der Waals surface area contributed by atoms with Crippen LogP contribution in [0.1, 0.15) is 37.8 Å². The van der Waals surface area contributed by atoms with E-state index in [1.807, 2.05) is 36.1 Å². The van der Waals surface area contributed by atoms with Gasteiger partial charge in [0.2, 0.25) is 21.8 Å². The highest BCUT2D eigenvalue weighted by molar-refractivity contribution is 7.89. The molecule has 1 N–H and O–H groups in total. The summed E-state index contributed by atoms with van der Waals surface area (Å²) in [6.45, 7) is 3.74. The number of carbonyl (C=O) groups is 2. The smallest absolute Gasteiger partial charge is 0.243 e. The van der Waals surface area contributed by atoms with Crippen LogP contribution in [-0.4, -0.2) is 44.2 Å². The first-order valence-corrected chi connectivity index (χ1v) is 12.5. The molecule has 1 fully saturated rings. The number of carbonyl (C=O) groups excluding carboxylic acids is 2. The van der Waals surface area contributed by atoms with Crippen molar-refractivity contribution < 1.29 is 18.0 Å². The molecule has 32 heavy (non-hydrogen) atoms. The number of likely N-dealkylation sites (N-methyl/N-ethyl adjacent to an activating group) is 1. The van der Waals surface area contributed by atoms with E-state index in [9.17, 15) is 18.0 Å². The first-order valence-electron chi connectivity index (χ1n) is 11.0. The first-order chi connectivity index (χ1) is 15.2. The lowest BCUT2D eigenvalue weighted by molar-refractivity contribution is -0.120. The highest BCUT2D eigenvalue weighted by Crippen LogP contribution is 2.39. The van der Waals surface area contributed by atoms with Crippen LogP contribution < -0.4 is 10.2 Å². The average molecular weight is 456 g/mol. The van der Waals surface area contributed by atoms with E-state index >= 15 is 0 Å². The minimum Gasteiger partial charge on any atom is -0.325 e. The van der Waals surface area contributed by atoms with E-state index in [4.69, 9.17) is 0 Å². The van der Waals surface area contributed by atoms with Gasteiger partial charge in [0.25, 0.3) is 0 Å². The number of fused-ring (bicyclic) bond motifs is 1. The van der Waals surface area contributed by atoms with Crippen LogP contribution in [0.25, 0.3) is 0 Å². The lowest BCUT2D eigenvalue weighted by atomic mass is 10.1. The van der Waals surface area contributed by atoms with E-state index in [1.54, 1.807) is 12.1 Å². The summed E-state index contributed by atoms with van der Waals surface area (Å²) in [7, 11) is -2.45. The molecular weight excluding hydrogens is 426 g/mol. The molecule has 1 atom stereocenters. The third kappa shape index (κ3) is 4.42. The minimum atomic E-state index is -3.85. The fourth-order valence-electron chi connectivity index (χ4n) is 4.12. The summed E-state index contributed by atoms with van der Waals surface area (Å²) >= 11 is 0. The summed E-state index contributed by atoms with van der Waals surface area (Å²) in [5, 5.41) is 2.74. The van der Waals surface area contributed by atoms with Crippen LogP contribution in [0.5, 0.6) is 0 Å². The van der Waals surface area contributed by atoms with E-state index in [2.05, 4.69) is 12.2 Å². The van der Waals surface area contributed by atoms with Gasteiger partial charge >= 0.3 is 0 Å². The van der Waals surface area contributed by atoms with E-state index in [0.717, 1.165) is 40.4 Å². The van der Waals surface area contributed by atoms with Crippen LogP contribution in [0.3, 0.4) is 0 Å². The van der Waals surface area contributed by atoms with Crippen molar-refractivity contribution in [2.45, 2.75) is 50.5 Å². The van der Waals surface area contributed by atoms with Crippen LogP contribution in [-0.2, 0) is 32.5 Å². The Kier molecular flexibility index (Phi) is 6.09. The van der Waals surface area contributed by atoms with Gasteiger partial charge in [0.1, 0.15) is 0 Å². The zero-order valence-corrected chi connectivity index (χ0v) is 19.5. The van der Waals surface area contributed by atoms with E-state index in [1.165, 1.54) is 13.1 Å². The third-order valence-corrected chi connectivity index (χ3v) is 7.95. The maximum atomic E-state index is 13.1. The van der Waals surface area contributed by atoms with Gasteiger partial charge in [-0.25, -0.2) is 8.42 Å². The van der Waals surface area contributed by atoms with Crippen molar-refractivity contribution in [1.82, 2.24) is 4.31 Å². The summed E-state index contributed by atoms with van der Waals surface area (Å²) in [6, 6.07) is 12.4. The van der Waals surface area contributed by atoms with Crippen molar-refractivity contribution in [1.29, 1.82) is 0 Å². The van der Waals surface area contributed by atoms with Crippen molar-refractivity contribution in [3.63, 3.8) is 0 Å². The van der Waals surface area contributed by atoms with Gasteiger partial charge in [0.05, 0.1) is 11.4 Å². The van der Waals surface area contributed by atoms with Gasteiger partial charge in [-0.3, -0.25) is 9.59 Å². The largest absolute Gasteiger partial charge is 0.325 e. The monoisotopic (exact) mass is 455 g/mol. The number of nitrogens with one attached hydrogen (secondary N) is 1. The minimum absolute atomic E-state index is 0.0126. The fraction of sp³-hybridized carbons (Fsp3) is 0.417. The Bertz CT molecular complexity index is 1140. The Hall–Kier alpha value is -2.71. The Morgan fingerprint density at radius 2 is 1.81 bits per heavy atom. The van der Waals surface area contributed by atoms with Gasteiger partial charge < -0.3 is 10.2 Å². The molecule has 0 bridgehead atoms. The van der Waals surface area contributed by atoms with E-state index in [-0.39, 0.29) is 29.3 Å². The van der Waals surface area contributed by atoms with Gasteiger partial charge in [0, 0.05) is 30.4 Å². The number of nitrogens with zero attached hydrogens (tertiary/aromatic N) is 2. The zero-order chi connectivity index (χ0) is 23.0. The molecule has 0 unspecified atom stereocenters. The number of amides is 2. The standard InChI is InChI=1S/C24H29N3O4S/c1-4-17-5-9-20(10-6-17)25-23(28)15-26(3)32(30,31)21-11-12-22-19(14-21)13-16(2)27(22)24(29)18-7-8-18/h5-6,9-12,14,16,18H,4,7-8,13,15H2,1-3H3,(H,25,28)/t16-/m1/s1. The quantitative estimate of drug-likeness (QED) is 0.695. The molecule has 2 aliphatic rings. The molecule has 0 saturated heterocycles. The number of hydrogen-bond acceptors (Lipinski definition) is 4. The molecule has 2 amide bonds. The maximum absolute atomic E-state index is 13.1. The topological polar surface area (TPSA) is 86.8 Å². The van der Waals surface area contributed by atoms with Crippen molar-refractivity contribution >= 4 is 33.2 Å². The molecule has 8 heteroatoms. The van der Waals surface area contributed by atoms with Crippen molar-refractivity contribution in [2.24, 2.45) is 5.92 Å². The predicted molar refractivity (Wildman–Crippen MR) is 124 cm³/mol. The summed E-state index contributed by atoms with van der Waals surface area (Å²) in [4.78, 5) is 27.0. The van der Waals surface area contributed by atoms with E-state index < -0.39 is 15.9 Å². The lowest BCUT2D eigenvalue weighted by Gasteiger charge is -2.23. The highest BCUT2D eigenvalue weighted by Gasteiger charge is 2.40. The molecule has 1 saturated carbocycles. The van der Waals surface area contributed by atoms with E-state index in [0.29, 0.717) is 12.1 Å². The molecule has 2 aromatic carbocycles. The molecule has 1 aliphatic carbocycles. The Balaban J connectivity index is 1.46. The van der Waals surface area contributed by atoms with Gasteiger partial charge in [-0.2, -0.15) is 4.31 Å². The van der Waals surface area contributed by atoms with Crippen LogP contribution in [0.2, 0.25) is 0 Å². The predicted octanol–water partition coefficient (Wildman–Crippen LogP) is 3.20. The molecular formula is C24H29N3O4S. The Labute approximate surface area is 189 Å². The summed E-state index contributed by atoms with van der Waals surface area (Å²) in [5.74, 6) is -0.168. The third-order valence-electron chi connectivity index (χ3n) is 6.15. The van der Waals surface area contributed by atoms with Crippen LogP contribution in [0.4, 0.5) is 11.4 Å². The second kappa shape index (κ2) is 8.67. The second-order valence-electron chi connectivity index (χ2n) is 8.69. The van der Waals surface area contributed by atoms with Crippen molar-refractivity contribution in [3.05, 3.63) is 53.6 Å². The summed E-state index contributed by atoms with van der Waals surface area (Å²) in [6.07, 6.45) is 3.38. The van der Waals surface area contributed by atoms with Gasteiger partial charge in [-0.1, -0.05) is 19.1 Å². The van der Waals surface area contributed by atoms with Gasteiger partial charge in [-0.05, 0) is 74.1 Å². The second-order valence-corrected chi connectivity index (χ2v) is 10.7. The Morgan fingerprint density at radius 3 is 2.44 bits per heavy atom. The van der Waals surface area contributed by atoms with Gasteiger partial charge in [-0.15, -0.1) is 0 Å². The fourth-order valence-corrected chi connectivity index (χ4v) is 5.30. The maximum Gasteiger partial charge on any atom is 0.243 e. The summed E-state index contributed by atoms with van der Waals surface area (Å²) < 4.78 is 27.2. The molecule has 1 aliphatic heterocycles. The molecule has 0 spiro atoms. The number of rotatable bonds is 7. The average Bonchev–Trinajstić information content (AvgIpc) is 3.55. The van der Waals surface area contributed by atoms with Crippen molar-refractivity contribution in [3.8, 4) is 0 Å². The highest BCUT2D eigenvalue weighted by atomic mass is 32.2. The Morgan fingerprint density at radius 1 is 1.12 bits per heavy atom. The molecule has 170 valence electrons. The SMILES string of the molecule is CCc1ccc(NC(=O)CN(C)S(=O)(=O)c2ccc3c(c2)C[C@@H](C)N3C(=O)C2CC2)cc1. The van der Waals surface area contributed by atoms with Crippen LogP contribution in [0, 0.1) is 5.92 Å². The van der Waals surface area contributed by atoms with Crippen LogP contribution in [0.15, 0.2) is 47.4 Å². The number of sulfonamides is 1. The summed E-state index contributed by atoms with van der Waals surface area (Å²) in [5.41, 5.74) is 3.43. The number of hydrogen-bond donors (Lipinski definition) is 1. The molecule has 0 aromatic heterocycles. The molecule has 2 aromatic rings.